The Bertz CT molecular complexity index is 273. The van der Waals surface area contributed by atoms with Gasteiger partial charge in [-0.1, -0.05) is 13.8 Å². The van der Waals surface area contributed by atoms with Gasteiger partial charge in [0.1, 0.15) is 0 Å². The first kappa shape index (κ1) is 13.3. The summed E-state index contributed by atoms with van der Waals surface area (Å²) in [6.45, 7) is 3.86. The molecule has 0 aromatic rings. The maximum Gasteiger partial charge on any atom is 0.447 e. The zero-order valence-electron chi connectivity index (χ0n) is 9.11. The first-order valence-electron chi connectivity index (χ1n) is 5.09. The van der Waals surface area contributed by atoms with E-state index in [1.807, 2.05) is 0 Å². The van der Waals surface area contributed by atoms with E-state index in [-0.39, 0.29) is 24.9 Å². The highest BCUT2D eigenvalue weighted by molar-refractivity contribution is 5.06. The summed E-state index contributed by atoms with van der Waals surface area (Å²) >= 11 is 0. The summed E-state index contributed by atoms with van der Waals surface area (Å²) in [5.41, 5.74) is 0. The van der Waals surface area contributed by atoms with Crippen molar-refractivity contribution in [2.75, 3.05) is 13.1 Å². The quantitative estimate of drug-likeness (QED) is 0.502. The molecule has 1 aliphatic rings. The highest BCUT2D eigenvalue weighted by Crippen LogP contribution is 2.33. The van der Waals surface area contributed by atoms with E-state index in [1.54, 1.807) is 13.8 Å². The van der Waals surface area contributed by atoms with Crippen LogP contribution in [0.25, 0.3) is 0 Å². The molecule has 16 heavy (non-hydrogen) atoms. The number of rotatable bonds is 1. The Morgan fingerprint density at radius 2 is 1.50 bits per heavy atom. The molecular formula is C10H14F5N. The second-order valence-corrected chi connectivity index (χ2v) is 4.45. The molecule has 1 rings (SSSR count). The van der Waals surface area contributed by atoms with E-state index in [0.29, 0.717) is 0 Å². The van der Waals surface area contributed by atoms with Gasteiger partial charge in [-0.3, -0.25) is 0 Å². The van der Waals surface area contributed by atoms with E-state index in [1.165, 1.54) is 0 Å². The fraction of sp³-hybridized carbons (Fsp3) is 0.800. The molecular weight excluding hydrogens is 229 g/mol. The van der Waals surface area contributed by atoms with Crippen LogP contribution in [0.4, 0.5) is 22.0 Å². The highest BCUT2D eigenvalue weighted by atomic mass is 19.4. The molecule has 94 valence electrons. The second kappa shape index (κ2) is 4.59. The van der Waals surface area contributed by atoms with Gasteiger partial charge in [-0.2, -0.15) is 22.0 Å². The third-order valence-corrected chi connectivity index (χ3v) is 2.58. The van der Waals surface area contributed by atoms with Crippen molar-refractivity contribution >= 4 is 0 Å². The minimum absolute atomic E-state index is 0.0653. The van der Waals surface area contributed by atoms with Crippen molar-refractivity contribution in [3.63, 3.8) is 0 Å². The second-order valence-electron chi connectivity index (χ2n) is 4.45. The number of halogens is 5. The number of nitrogens with zero attached hydrogens (tertiary/aromatic N) is 1. The molecule has 0 bridgehead atoms. The molecule has 0 aromatic carbocycles. The van der Waals surface area contributed by atoms with Crippen molar-refractivity contribution in [3.05, 3.63) is 11.8 Å². The minimum atomic E-state index is -5.24. The predicted octanol–water partition coefficient (Wildman–Crippen LogP) is 3.63. The van der Waals surface area contributed by atoms with Crippen LogP contribution in [0.2, 0.25) is 0 Å². The summed E-state index contributed by atoms with van der Waals surface area (Å²) in [5, 5.41) is 0. The van der Waals surface area contributed by atoms with Crippen LogP contribution in [0.3, 0.4) is 0 Å². The third-order valence-electron chi connectivity index (χ3n) is 2.58. The molecule has 1 saturated heterocycles. The van der Waals surface area contributed by atoms with E-state index < -0.39 is 18.0 Å². The number of hydrogen-bond acceptors (Lipinski definition) is 1. The van der Waals surface area contributed by atoms with Crippen molar-refractivity contribution in [2.24, 2.45) is 11.8 Å². The topological polar surface area (TPSA) is 3.24 Å². The molecule has 0 spiro atoms. The number of allylic oxidation sites excluding steroid dienone is 1. The molecule has 6 heteroatoms. The first-order chi connectivity index (χ1) is 7.21. The SMILES string of the molecule is CC1CC(C)CN(/C(F)=C(\F)C(F)(F)F)C1. The van der Waals surface area contributed by atoms with E-state index in [9.17, 15) is 22.0 Å². The van der Waals surface area contributed by atoms with E-state index in [0.717, 1.165) is 11.3 Å². The van der Waals surface area contributed by atoms with Crippen molar-refractivity contribution in [1.29, 1.82) is 0 Å². The zero-order chi connectivity index (χ0) is 12.5. The Kier molecular flexibility index (Phi) is 3.80. The standard InChI is InChI=1S/C10H14F5N/c1-6-3-7(2)5-16(4-6)9(12)8(11)10(13,14)15/h6-7H,3-5H2,1-2H3/b9-8-. The summed E-state index contributed by atoms with van der Waals surface area (Å²) in [6.07, 6.45) is -4.43. The van der Waals surface area contributed by atoms with Gasteiger partial charge >= 0.3 is 6.18 Å². The van der Waals surface area contributed by atoms with Crippen LogP contribution in [0.1, 0.15) is 20.3 Å². The summed E-state index contributed by atoms with van der Waals surface area (Å²) in [5.74, 6) is -4.29. The molecule has 0 aliphatic carbocycles. The lowest BCUT2D eigenvalue weighted by Gasteiger charge is -2.35. The Hall–Kier alpha value is -0.810. The summed E-state index contributed by atoms with van der Waals surface area (Å²) < 4.78 is 61.8. The Morgan fingerprint density at radius 3 is 1.88 bits per heavy atom. The normalized spacial score (nSPS) is 29.1. The number of alkyl halides is 3. The van der Waals surface area contributed by atoms with Gasteiger partial charge in [0.15, 0.2) is 0 Å². The average molecular weight is 243 g/mol. The van der Waals surface area contributed by atoms with E-state index in [4.69, 9.17) is 0 Å². The summed E-state index contributed by atoms with van der Waals surface area (Å²) in [6, 6.07) is 0. The van der Waals surface area contributed by atoms with Crippen LogP contribution in [-0.2, 0) is 0 Å². The Labute approximate surface area is 90.9 Å². The van der Waals surface area contributed by atoms with Gasteiger partial charge in [0.25, 0.3) is 5.83 Å². The van der Waals surface area contributed by atoms with Gasteiger partial charge in [-0.05, 0) is 18.3 Å². The molecule has 0 N–H and O–H groups in total. The fourth-order valence-corrected chi connectivity index (χ4v) is 2.08. The molecule has 0 amide bonds. The zero-order valence-corrected chi connectivity index (χ0v) is 9.11. The average Bonchev–Trinajstić information content (AvgIpc) is 2.12. The molecule has 0 saturated carbocycles. The van der Waals surface area contributed by atoms with Crippen molar-refractivity contribution < 1.29 is 22.0 Å². The van der Waals surface area contributed by atoms with Crippen LogP contribution in [0, 0.1) is 11.8 Å². The minimum Gasteiger partial charge on any atom is -0.346 e. The van der Waals surface area contributed by atoms with Crippen LogP contribution < -0.4 is 0 Å². The van der Waals surface area contributed by atoms with Gasteiger partial charge in [0.05, 0.1) is 0 Å². The van der Waals surface area contributed by atoms with Crippen LogP contribution in [-0.4, -0.2) is 24.2 Å². The summed E-state index contributed by atoms with van der Waals surface area (Å²) in [7, 11) is 0. The molecule has 2 atom stereocenters. The monoisotopic (exact) mass is 243 g/mol. The molecule has 1 nitrogen and oxygen atoms in total. The largest absolute Gasteiger partial charge is 0.447 e. The van der Waals surface area contributed by atoms with Crippen LogP contribution in [0.15, 0.2) is 11.8 Å². The lowest BCUT2D eigenvalue weighted by Crippen LogP contribution is -2.38. The van der Waals surface area contributed by atoms with Gasteiger partial charge in [-0.15, -0.1) is 0 Å². The van der Waals surface area contributed by atoms with Crippen molar-refractivity contribution in [2.45, 2.75) is 26.4 Å². The molecule has 0 aromatic heterocycles. The Balaban J connectivity index is 2.84. The molecule has 1 fully saturated rings. The predicted molar refractivity (Wildman–Crippen MR) is 49.8 cm³/mol. The number of piperidine rings is 1. The van der Waals surface area contributed by atoms with Gasteiger partial charge in [0.2, 0.25) is 5.95 Å². The fourth-order valence-electron chi connectivity index (χ4n) is 2.08. The van der Waals surface area contributed by atoms with E-state index >= 15 is 0 Å². The maximum absolute atomic E-state index is 13.2. The van der Waals surface area contributed by atoms with Crippen molar-refractivity contribution in [1.82, 2.24) is 4.90 Å². The Morgan fingerprint density at radius 1 is 1.06 bits per heavy atom. The molecule has 0 radical (unpaired) electrons. The first-order valence-corrected chi connectivity index (χ1v) is 5.09. The van der Waals surface area contributed by atoms with Gasteiger partial charge < -0.3 is 4.90 Å². The van der Waals surface area contributed by atoms with Crippen LogP contribution >= 0.6 is 0 Å². The smallest absolute Gasteiger partial charge is 0.346 e. The third kappa shape index (κ3) is 3.09. The maximum atomic E-state index is 13.2. The number of hydrogen-bond donors (Lipinski definition) is 0. The lowest BCUT2D eigenvalue weighted by atomic mass is 9.92. The lowest BCUT2D eigenvalue weighted by molar-refractivity contribution is -0.114. The van der Waals surface area contributed by atoms with Gasteiger partial charge in [0, 0.05) is 13.1 Å². The molecule has 1 aliphatic heterocycles. The van der Waals surface area contributed by atoms with Crippen LogP contribution in [0.5, 0.6) is 0 Å². The van der Waals surface area contributed by atoms with E-state index in [2.05, 4.69) is 0 Å². The molecule has 2 unspecified atom stereocenters. The highest BCUT2D eigenvalue weighted by Gasteiger charge is 2.40. The molecule has 1 heterocycles. The summed E-state index contributed by atoms with van der Waals surface area (Å²) in [4.78, 5) is 0.835. The number of likely N-dealkylation sites (tertiary alicyclic amines) is 1. The van der Waals surface area contributed by atoms with Crippen molar-refractivity contribution in [3.8, 4) is 0 Å². The van der Waals surface area contributed by atoms with Gasteiger partial charge in [-0.25, -0.2) is 0 Å².